The summed E-state index contributed by atoms with van der Waals surface area (Å²) in [4.78, 5) is 34.6. The summed E-state index contributed by atoms with van der Waals surface area (Å²) >= 11 is 0. The van der Waals surface area contributed by atoms with Crippen LogP contribution < -0.4 is 10.2 Å². The molecule has 0 aliphatic heterocycles. The topological polar surface area (TPSA) is 120 Å². The Morgan fingerprint density at radius 2 is 2.07 bits per heavy atom. The van der Waals surface area contributed by atoms with Crippen LogP contribution in [0.5, 0.6) is 5.75 Å². The zero-order valence-electron chi connectivity index (χ0n) is 17.0. The molecule has 3 rings (SSSR count). The van der Waals surface area contributed by atoms with E-state index in [4.69, 9.17) is 9.47 Å². The maximum absolute atomic E-state index is 12.3. The van der Waals surface area contributed by atoms with Gasteiger partial charge in [0.05, 0.1) is 12.0 Å². The summed E-state index contributed by atoms with van der Waals surface area (Å²) in [5.41, 5.74) is 3.14. The molecular formula is C20H25N3O6. The van der Waals surface area contributed by atoms with E-state index in [-0.39, 0.29) is 27.8 Å². The number of non-ortho nitro benzene ring substituents is 1. The molecule has 0 heterocycles. The van der Waals surface area contributed by atoms with Gasteiger partial charge in [-0.3, -0.25) is 14.9 Å². The van der Waals surface area contributed by atoms with Gasteiger partial charge in [-0.05, 0) is 36.7 Å². The Morgan fingerprint density at radius 3 is 2.62 bits per heavy atom. The molecule has 0 aromatic heterocycles. The normalized spacial score (nSPS) is 25.7. The average molecular weight is 403 g/mol. The maximum Gasteiger partial charge on any atom is 0.342 e. The Morgan fingerprint density at radius 1 is 1.34 bits per heavy atom. The molecule has 0 radical (unpaired) electrons. The number of hydrogen-bond donors (Lipinski definition) is 1. The minimum absolute atomic E-state index is 0.0437. The smallest absolute Gasteiger partial charge is 0.342 e. The van der Waals surface area contributed by atoms with E-state index in [2.05, 4.69) is 31.3 Å². The first kappa shape index (κ1) is 20.8. The predicted molar refractivity (Wildman–Crippen MR) is 105 cm³/mol. The fourth-order valence-electron chi connectivity index (χ4n) is 4.44. The number of rotatable bonds is 6. The molecular weight excluding hydrogens is 378 g/mol. The lowest BCUT2D eigenvalue weighted by Crippen LogP contribution is -2.35. The Labute approximate surface area is 168 Å². The Balaban J connectivity index is 1.61. The molecule has 0 saturated heterocycles. The lowest BCUT2D eigenvalue weighted by molar-refractivity contribution is -0.384. The van der Waals surface area contributed by atoms with Crippen LogP contribution in [0, 0.1) is 26.9 Å². The molecule has 2 bridgehead atoms. The molecule has 156 valence electrons. The number of carbonyl (C=O) groups excluding carboxylic acids is 2. The molecule has 2 saturated carbocycles. The number of ether oxygens (including phenoxy) is 2. The van der Waals surface area contributed by atoms with Gasteiger partial charge in [-0.1, -0.05) is 20.8 Å². The van der Waals surface area contributed by atoms with Gasteiger partial charge in [-0.2, -0.15) is 5.10 Å². The summed E-state index contributed by atoms with van der Waals surface area (Å²) in [5.74, 6) is -0.776. The van der Waals surface area contributed by atoms with E-state index in [9.17, 15) is 19.7 Å². The number of nitro benzene ring substituents is 1. The molecule has 2 unspecified atom stereocenters. The van der Waals surface area contributed by atoms with Gasteiger partial charge in [0.1, 0.15) is 11.3 Å². The number of nitrogens with one attached hydrogen (secondary N) is 1. The van der Waals surface area contributed by atoms with Gasteiger partial charge in [0, 0.05) is 23.3 Å². The SMILES string of the molecule is COc1ccc([N+](=O)[O-])cc1C(=O)OCC(=O)N/N=C1\CC2CCC1(C)C2(C)C. The van der Waals surface area contributed by atoms with E-state index >= 15 is 0 Å². The van der Waals surface area contributed by atoms with Gasteiger partial charge >= 0.3 is 5.97 Å². The van der Waals surface area contributed by atoms with Crippen molar-refractivity contribution in [3.05, 3.63) is 33.9 Å². The van der Waals surface area contributed by atoms with Crippen molar-refractivity contribution < 1.29 is 24.0 Å². The van der Waals surface area contributed by atoms with Crippen molar-refractivity contribution in [1.82, 2.24) is 5.43 Å². The molecule has 2 atom stereocenters. The van der Waals surface area contributed by atoms with Crippen LogP contribution in [0.4, 0.5) is 5.69 Å². The monoisotopic (exact) mass is 403 g/mol. The second-order valence-corrected chi connectivity index (χ2v) is 8.30. The number of esters is 1. The first-order valence-corrected chi connectivity index (χ1v) is 9.45. The van der Waals surface area contributed by atoms with Gasteiger partial charge in [0.25, 0.3) is 11.6 Å². The van der Waals surface area contributed by atoms with Crippen molar-refractivity contribution in [1.29, 1.82) is 0 Å². The first-order chi connectivity index (χ1) is 13.6. The minimum Gasteiger partial charge on any atom is -0.496 e. The van der Waals surface area contributed by atoms with Crippen LogP contribution in [0.1, 0.15) is 50.4 Å². The minimum atomic E-state index is -0.888. The number of carbonyl (C=O) groups is 2. The van der Waals surface area contributed by atoms with E-state index in [1.165, 1.54) is 25.7 Å². The molecule has 2 aliphatic carbocycles. The van der Waals surface area contributed by atoms with Crippen LogP contribution in [0.2, 0.25) is 0 Å². The highest BCUT2D eigenvalue weighted by Crippen LogP contribution is 2.63. The second-order valence-electron chi connectivity index (χ2n) is 8.30. The zero-order chi connectivity index (χ0) is 21.4. The third kappa shape index (κ3) is 3.56. The van der Waals surface area contributed by atoms with Crippen molar-refractivity contribution in [2.24, 2.45) is 21.8 Å². The molecule has 1 aromatic rings. The molecule has 1 amide bonds. The van der Waals surface area contributed by atoms with Crippen LogP contribution in [0.3, 0.4) is 0 Å². The van der Waals surface area contributed by atoms with E-state index in [1.54, 1.807) is 0 Å². The van der Waals surface area contributed by atoms with Crippen LogP contribution in [0.25, 0.3) is 0 Å². The van der Waals surface area contributed by atoms with Crippen molar-refractivity contribution >= 4 is 23.3 Å². The third-order valence-corrected chi connectivity index (χ3v) is 6.78. The molecule has 0 spiro atoms. The van der Waals surface area contributed by atoms with Crippen molar-refractivity contribution in [3.63, 3.8) is 0 Å². The lowest BCUT2D eigenvalue weighted by Gasteiger charge is -2.34. The van der Waals surface area contributed by atoms with Gasteiger partial charge < -0.3 is 9.47 Å². The van der Waals surface area contributed by atoms with Gasteiger partial charge in [0.15, 0.2) is 6.61 Å². The third-order valence-electron chi connectivity index (χ3n) is 6.78. The highest BCUT2D eigenvalue weighted by atomic mass is 16.6. The lowest BCUT2D eigenvalue weighted by atomic mass is 9.70. The zero-order valence-corrected chi connectivity index (χ0v) is 17.0. The number of nitro groups is 1. The Kier molecular flexibility index (Phi) is 5.34. The average Bonchev–Trinajstić information content (AvgIpc) is 3.03. The second kappa shape index (κ2) is 7.46. The molecule has 9 nitrogen and oxygen atoms in total. The Hall–Kier alpha value is -2.97. The highest BCUT2D eigenvalue weighted by Gasteiger charge is 2.60. The molecule has 2 aliphatic rings. The van der Waals surface area contributed by atoms with Gasteiger partial charge in [0.2, 0.25) is 0 Å². The first-order valence-electron chi connectivity index (χ1n) is 9.45. The molecule has 29 heavy (non-hydrogen) atoms. The molecule has 9 heteroatoms. The molecule has 2 fully saturated rings. The fourth-order valence-corrected chi connectivity index (χ4v) is 4.44. The van der Waals surface area contributed by atoms with Gasteiger partial charge in [-0.25, -0.2) is 10.2 Å². The number of nitrogens with zero attached hydrogens (tertiary/aromatic N) is 2. The number of hydrazone groups is 1. The van der Waals surface area contributed by atoms with E-state index in [0.29, 0.717) is 5.92 Å². The summed E-state index contributed by atoms with van der Waals surface area (Å²) in [7, 11) is 1.33. The fraction of sp³-hybridized carbons (Fsp3) is 0.550. The van der Waals surface area contributed by atoms with E-state index in [0.717, 1.165) is 24.6 Å². The van der Waals surface area contributed by atoms with Crippen molar-refractivity contribution in [2.75, 3.05) is 13.7 Å². The van der Waals surface area contributed by atoms with Crippen LogP contribution in [-0.2, 0) is 9.53 Å². The standard InChI is InChI=1S/C20H25N3O6/c1-19(2)12-7-8-20(19,3)16(9-12)21-22-17(24)11-29-18(25)14-10-13(23(26)27)5-6-15(14)28-4/h5-6,10,12H,7-9,11H2,1-4H3,(H,22,24)/b21-16+. The van der Waals surface area contributed by atoms with Crippen molar-refractivity contribution in [2.45, 2.75) is 40.0 Å². The Bertz CT molecular complexity index is 894. The summed E-state index contributed by atoms with van der Waals surface area (Å²) < 4.78 is 10.0. The maximum atomic E-state index is 12.3. The van der Waals surface area contributed by atoms with Crippen LogP contribution in [-0.4, -0.2) is 36.2 Å². The quantitative estimate of drug-likeness (QED) is 0.443. The number of amides is 1. The van der Waals surface area contributed by atoms with Crippen LogP contribution >= 0.6 is 0 Å². The number of fused-ring (bicyclic) bond motifs is 2. The highest BCUT2D eigenvalue weighted by molar-refractivity contribution is 5.96. The van der Waals surface area contributed by atoms with E-state index in [1.807, 2.05) is 0 Å². The number of benzene rings is 1. The summed E-state index contributed by atoms with van der Waals surface area (Å²) in [6, 6.07) is 3.58. The summed E-state index contributed by atoms with van der Waals surface area (Å²) in [6.45, 7) is 6.11. The predicted octanol–water partition coefficient (Wildman–Crippen LogP) is 3.08. The molecule has 1 N–H and O–H groups in total. The summed E-state index contributed by atoms with van der Waals surface area (Å²) in [5, 5.41) is 15.2. The molecule has 1 aromatic carbocycles. The summed E-state index contributed by atoms with van der Waals surface area (Å²) in [6.07, 6.45) is 3.06. The largest absolute Gasteiger partial charge is 0.496 e. The number of hydrogen-bond acceptors (Lipinski definition) is 7. The van der Waals surface area contributed by atoms with Crippen LogP contribution in [0.15, 0.2) is 23.3 Å². The van der Waals surface area contributed by atoms with E-state index < -0.39 is 23.4 Å². The number of methoxy groups -OCH3 is 1. The van der Waals surface area contributed by atoms with Crippen molar-refractivity contribution in [3.8, 4) is 5.75 Å². The van der Waals surface area contributed by atoms with Gasteiger partial charge in [-0.15, -0.1) is 0 Å².